The quantitative estimate of drug-likeness (QED) is 0.577. The Hall–Kier alpha value is -2.70. The molecule has 0 spiro atoms. The third-order valence-corrected chi connectivity index (χ3v) is 2.79. The maximum absolute atomic E-state index is 12.1. The van der Waals surface area contributed by atoms with Crippen LogP contribution in [0.2, 0.25) is 0 Å². The van der Waals surface area contributed by atoms with Crippen LogP contribution in [0.3, 0.4) is 0 Å². The van der Waals surface area contributed by atoms with Crippen LogP contribution >= 0.6 is 0 Å². The SMILES string of the molecule is CNc1ncnc(C(=O)NCC2=CNCC=C2)c1C=N. The topological polar surface area (TPSA) is 103 Å². The van der Waals surface area contributed by atoms with Gasteiger partial charge in [-0.25, -0.2) is 9.97 Å². The Morgan fingerprint density at radius 2 is 2.40 bits per heavy atom. The van der Waals surface area contributed by atoms with Gasteiger partial charge in [-0.1, -0.05) is 12.2 Å². The van der Waals surface area contributed by atoms with E-state index in [2.05, 4.69) is 25.9 Å². The lowest BCUT2D eigenvalue weighted by Crippen LogP contribution is -2.29. The number of dihydropyridines is 1. The molecule has 0 fully saturated rings. The Bertz CT molecular complexity index is 578. The number of carbonyl (C=O) groups excluding carboxylic acids is 1. The van der Waals surface area contributed by atoms with Gasteiger partial charge in [-0.15, -0.1) is 0 Å². The van der Waals surface area contributed by atoms with E-state index < -0.39 is 0 Å². The van der Waals surface area contributed by atoms with E-state index in [4.69, 9.17) is 5.41 Å². The van der Waals surface area contributed by atoms with E-state index in [1.54, 1.807) is 7.05 Å². The molecule has 1 aromatic rings. The summed E-state index contributed by atoms with van der Waals surface area (Å²) in [6.07, 6.45) is 8.16. The summed E-state index contributed by atoms with van der Waals surface area (Å²) >= 11 is 0. The number of aromatic nitrogens is 2. The van der Waals surface area contributed by atoms with Gasteiger partial charge in [0.25, 0.3) is 5.91 Å². The summed E-state index contributed by atoms with van der Waals surface area (Å²) in [4.78, 5) is 20.1. The van der Waals surface area contributed by atoms with Crippen LogP contribution in [-0.2, 0) is 0 Å². The van der Waals surface area contributed by atoms with Crippen molar-refractivity contribution in [3.8, 4) is 0 Å². The smallest absolute Gasteiger partial charge is 0.271 e. The molecule has 2 rings (SSSR count). The predicted molar refractivity (Wildman–Crippen MR) is 77.0 cm³/mol. The zero-order valence-electron chi connectivity index (χ0n) is 11.1. The molecule has 0 radical (unpaired) electrons. The third kappa shape index (κ3) is 3.00. The maximum atomic E-state index is 12.1. The van der Waals surface area contributed by atoms with E-state index in [9.17, 15) is 4.79 Å². The monoisotopic (exact) mass is 272 g/mol. The molecule has 20 heavy (non-hydrogen) atoms. The summed E-state index contributed by atoms with van der Waals surface area (Å²) in [7, 11) is 1.68. The Kier molecular flexibility index (Phi) is 4.43. The summed E-state index contributed by atoms with van der Waals surface area (Å²) < 4.78 is 0. The number of anilines is 1. The molecule has 4 N–H and O–H groups in total. The van der Waals surface area contributed by atoms with Crippen LogP contribution in [0.25, 0.3) is 0 Å². The molecule has 0 atom stereocenters. The molecule has 104 valence electrons. The Labute approximate surface area is 116 Å². The van der Waals surface area contributed by atoms with Crippen LogP contribution in [0.1, 0.15) is 16.1 Å². The summed E-state index contributed by atoms with van der Waals surface area (Å²) in [5, 5.41) is 16.1. The zero-order valence-corrected chi connectivity index (χ0v) is 11.1. The molecular weight excluding hydrogens is 256 g/mol. The Morgan fingerprint density at radius 1 is 1.55 bits per heavy atom. The van der Waals surface area contributed by atoms with E-state index in [0.717, 1.165) is 18.3 Å². The molecule has 0 unspecified atom stereocenters. The fourth-order valence-electron chi connectivity index (χ4n) is 1.80. The van der Waals surface area contributed by atoms with Gasteiger partial charge in [0.1, 0.15) is 17.8 Å². The van der Waals surface area contributed by atoms with Crippen molar-refractivity contribution in [3.05, 3.63) is 41.5 Å². The van der Waals surface area contributed by atoms with Crippen molar-refractivity contribution in [3.63, 3.8) is 0 Å². The molecule has 0 aromatic carbocycles. The highest BCUT2D eigenvalue weighted by Gasteiger charge is 2.15. The fraction of sp³-hybridized carbons (Fsp3) is 0.231. The largest absolute Gasteiger partial charge is 0.387 e. The van der Waals surface area contributed by atoms with Crippen molar-refractivity contribution in [1.29, 1.82) is 5.41 Å². The van der Waals surface area contributed by atoms with Crippen molar-refractivity contribution in [2.45, 2.75) is 0 Å². The van der Waals surface area contributed by atoms with E-state index in [1.165, 1.54) is 6.33 Å². The molecule has 2 heterocycles. The summed E-state index contributed by atoms with van der Waals surface area (Å²) in [6.45, 7) is 1.20. The average molecular weight is 272 g/mol. The second-order valence-electron chi connectivity index (χ2n) is 4.09. The second kappa shape index (κ2) is 6.46. The van der Waals surface area contributed by atoms with E-state index in [-0.39, 0.29) is 11.6 Å². The maximum Gasteiger partial charge on any atom is 0.271 e. The number of hydrogen-bond donors (Lipinski definition) is 4. The predicted octanol–water partition coefficient (Wildman–Crippen LogP) is 0.289. The molecule has 7 heteroatoms. The number of hydrogen-bond acceptors (Lipinski definition) is 6. The van der Waals surface area contributed by atoms with E-state index in [1.807, 2.05) is 18.4 Å². The first-order chi connectivity index (χ1) is 9.76. The molecular formula is C13H16N6O. The molecule has 0 aliphatic carbocycles. The molecule has 1 aromatic heterocycles. The molecule has 1 aliphatic heterocycles. The summed E-state index contributed by atoms with van der Waals surface area (Å²) in [5.74, 6) is 0.126. The van der Waals surface area contributed by atoms with Gasteiger partial charge in [0.05, 0.1) is 5.56 Å². The lowest BCUT2D eigenvalue weighted by atomic mass is 10.2. The summed E-state index contributed by atoms with van der Waals surface area (Å²) in [5.41, 5.74) is 1.54. The van der Waals surface area contributed by atoms with Crippen molar-refractivity contribution in [2.75, 3.05) is 25.5 Å². The Balaban J connectivity index is 2.11. The van der Waals surface area contributed by atoms with Gasteiger partial charge in [-0.05, 0) is 5.57 Å². The van der Waals surface area contributed by atoms with Crippen molar-refractivity contribution in [1.82, 2.24) is 20.6 Å². The van der Waals surface area contributed by atoms with E-state index >= 15 is 0 Å². The van der Waals surface area contributed by atoms with Crippen molar-refractivity contribution >= 4 is 17.9 Å². The molecule has 0 bridgehead atoms. The van der Waals surface area contributed by atoms with Gasteiger partial charge in [0.2, 0.25) is 0 Å². The lowest BCUT2D eigenvalue weighted by Gasteiger charge is -2.11. The number of carbonyl (C=O) groups is 1. The van der Waals surface area contributed by atoms with Gasteiger partial charge >= 0.3 is 0 Å². The highest BCUT2D eigenvalue weighted by atomic mass is 16.1. The third-order valence-electron chi connectivity index (χ3n) is 2.79. The normalized spacial score (nSPS) is 13.2. The highest BCUT2D eigenvalue weighted by Crippen LogP contribution is 2.12. The van der Waals surface area contributed by atoms with Crippen LogP contribution in [0, 0.1) is 5.41 Å². The van der Waals surface area contributed by atoms with Crippen LogP contribution in [0.15, 0.2) is 30.3 Å². The van der Waals surface area contributed by atoms with Gasteiger partial charge in [0, 0.05) is 32.6 Å². The first kappa shape index (κ1) is 13.7. The molecule has 1 aliphatic rings. The van der Waals surface area contributed by atoms with Gasteiger partial charge in [0.15, 0.2) is 0 Å². The van der Waals surface area contributed by atoms with Crippen molar-refractivity contribution in [2.24, 2.45) is 0 Å². The van der Waals surface area contributed by atoms with Gasteiger partial charge in [-0.2, -0.15) is 0 Å². The number of nitrogens with one attached hydrogen (secondary N) is 4. The molecule has 0 saturated heterocycles. The minimum absolute atomic E-state index is 0.188. The lowest BCUT2D eigenvalue weighted by molar-refractivity contribution is 0.0952. The Morgan fingerprint density at radius 3 is 3.05 bits per heavy atom. The highest BCUT2D eigenvalue weighted by molar-refractivity contribution is 6.02. The fourth-order valence-corrected chi connectivity index (χ4v) is 1.80. The first-order valence-corrected chi connectivity index (χ1v) is 6.16. The van der Waals surface area contributed by atoms with Gasteiger partial charge < -0.3 is 21.4 Å². The van der Waals surface area contributed by atoms with E-state index in [0.29, 0.717) is 17.9 Å². The molecule has 0 saturated carbocycles. The number of amides is 1. The van der Waals surface area contributed by atoms with Crippen LogP contribution in [0.5, 0.6) is 0 Å². The summed E-state index contributed by atoms with van der Waals surface area (Å²) in [6, 6.07) is 0. The average Bonchev–Trinajstić information content (AvgIpc) is 2.52. The second-order valence-corrected chi connectivity index (χ2v) is 4.09. The number of nitrogens with zero attached hydrogens (tertiary/aromatic N) is 2. The minimum atomic E-state index is -0.331. The van der Waals surface area contributed by atoms with Crippen molar-refractivity contribution < 1.29 is 4.79 Å². The van der Waals surface area contributed by atoms with Gasteiger partial charge in [-0.3, -0.25) is 4.79 Å². The zero-order chi connectivity index (χ0) is 14.4. The standard InChI is InChI=1S/C13H16N6O/c1-15-12-10(5-14)11(18-8-19-12)13(20)17-7-9-3-2-4-16-6-9/h2-3,5-6,8,14,16H,4,7H2,1H3,(H,17,20)(H,15,18,19). The minimum Gasteiger partial charge on any atom is -0.387 e. The van der Waals surface area contributed by atoms with Crippen LogP contribution in [-0.4, -0.2) is 42.2 Å². The number of rotatable bonds is 5. The van der Waals surface area contributed by atoms with Crippen LogP contribution in [0.4, 0.5) is 5.82 Å². The molecule has 1 amide bonds. The first-order valence-electron chi connectivity index (χ1n) is 6.16. The molecule has 7 nitrogen and oxygen atoms in total. The van der Waals surface area contributed by atoms with Crippen LogP contribution < -0.4 is 16.0 Å².